The number of furan rings is 2. The lowest BCUT2D eigenvalue weighted by molar-refractivity contribution is -0.136. The number of carbonyl (C=O) groups is 5. The smallest absolute Gasteiger partial charge is 0.407 e. The fraction of sp³-hybridized carbons (Fsp3) is 0.500. The summed E-state index contributed by atoms with van der Waals surface area (Å²) >= 11 is 0. The Morgan fingerprint density at radius 2 is 1.27 bits per heavy atom. The molecular weight excluding hydrogens is 761 g/mol. The molecule has 17 heteroatoms. The number of aromatic nitrogens is 4. The summed E-state index contributed by atoms with van der Waals surface area (Å²) in [6.07, 6.45) is 4.82. The summed E-state index contributed by atoms with van der Waals surface area (Å²) in [7, 11) is 2.53. The average molecular weight is 813 g/mol. The Morgan fingerprint density at radius 1 is 0.746 bits per heavy atom. The number of benzene rings is 1. The van der Waals surface area contributed by atoms with Gasteiger partial charge in [0.15, 0.2) is 5.76 Å². The number of fused-ring (bicyclic) bond motifs is 2. The fourth-order valence-corrected chi connectivity index (χ4v) is 8.09. The highest BCUT2D eigenvalue weighted by molar-refractivity contribution is 6.08. The van der Waals surface area contributed by atoms with Gasteiger partial charge in [0.2, 0.25) is 17.6 Å². The Balaban J connectivity index is 1.06. The third-order valence-corrected chi connectivity index (χ3v) is 11.6. The minimum Gasteiger partial charge on any atom is -0.460 e. The van der Waals surface area contributed by atoms with Gasteiger partial charge in [0.1, 0.15) is 46.4 Å². The van der Waals surface area contributed by atoms with Gasteiger partial charge in [0.05, 0.1) is 37.9 Å². The van der Waals surface area contributed by atoms with Crippen LogP contribution in [0.3, 0.4) is 0 Å². The molecule has 0 aliphatic carbocycles. The van der Waals surface area contributed by atoms with Gasteiger partial charge in [-0.2, -0.15) is 0 Å². The molecule has 2 aliphatic heterocycles. The number of rotatable bonds is 12. The lowest BCUT2D eigenvalue weighted by Gasteiger charge is -2.30. The number of nitrogens with one attached hydrogen (secondary N) is 4. The van der Waals surface area contributed by atoms with Crippen LogP contribution in [0.15, 0.2) is 45.5 Å². The van der Waals surface area contributed by atoms with Gasteiger partial charge in [-0.15, -0.1) is 0 Å². The molecule has 4 atom stereocenters. The van der Waals surface area contributed by atoms with Crippen LogP contribution in [0.25, 0.3) is 21.9 Å². The summed E-state index contributed by atoms with van der Waals surface area (Å²) in [6.45, 7) is 12.6. The Morgan fingerprint density at radius 3 is 1.83 bits per heavy atom. The van der Waals surface area contributed by atoms with Crippen molar-refractivity contribution in [1.29, 1.82) is 0 Å². The summed E-state index contributed by atoms with van der Waals surface area (Å²) in [6, 6.07) is 5.16. The first kappa shape index (κ1) is 41.0. The Bertz CT molecular complexity index is 2330. The van der Waals surface area contributed by atoms with Crippen molar-refractivity contribution < 1.29 is 42.3 Å². The van der Waals surface area contributed by atoms with E-state index >= 15 is 0 Å². The summed E-state index contributed by atoms with van der Waals surface area (Å²) < 4.78 is 22.0. The number of amides is 4. The first-order valence-electron chi connectivity index (χ1n) is 20.0. The standard InChI is InChI=1S/C42H52N8O9/c1-21(2)33(47-40(54)56-7)38(52)49-13-9-11-26(49)36-43-19-25(45-36)35(51)30-16-23-15-24-17-32(59-29(24)18-28(23)58-30)42(5,6)31-20-44-37(46-31)27-12-10-14-50(27)39(53)34(22(3)4)48-41(55)57-8/h15-22,26-27,33-34H,9-14H2,1-8H3,(H,43,45)(H,44,46)(H,47,54)(H,48,55)/t26?,27?,33?,34-/m0/s1. The Hall–Kier alpha value is -6.13. The van der Waals surface area contributed by atoms with Gasteiger partial charge in [0.25, 0.3) is 0 Å². The maximum absolute atomic E-state index is 13.7. The highest BCUT2D eigenvalue weighted by Gasteiger charge is 2.40. The van der Waals surface area contributed by atoms with E-state index in [1.165, 1.54) is 20.4 Å². The van der Waals surface area contributed by atoms with Crippen molar-refractivity contribution in [3.8, 4) is 0 Å². The third kappa shape index (κ3) is 7.89. The van der Waals surface area contributed by atoms with Crippen LogP contribution in [0.2, 0.25) is 0 Å². The molecule has 0 bridgehead atoms. The van der Waals surface area contributed by atoms with Gasteiger partial charge in [-0.3, -0.25) is 14.4 Å². The lowest BCUT2D eigenvalue weighted by atomic mass is 9.87. The number of ether oxygens (including phenoxy) is 2. The van der Waals surface area contributed by atoms with Crippen LogP contribution in [0.5, 0.6) is 0 Å². The molecule has 0 spiro atoms. The second-order valence-corrected chi connectivity index (χ2v) is 16.6. The lowest BCUT2D eigenvalue weighted by Crippen LogP contribution is -2.51. The zero-order chi connectivity index (χ0) is 42.3. The monoisotopic (exact) mass is 812 g/mol. The first-order chi connectivity index (χ1) is 28.1. The minimum atomic E-state index is -0.773. The van der Waals surface area contributed by atoms with Crippen LogP contribution >= 0.6 is 0 Å². The van der Waals surface area contributed by atoms with Crippen molar-refractivity contribution in [1.82, 2.24) is 40.4 Å². The van der Waals surface area contributed by atoms with E-state index < -0.39 is 35.5 Å². The van der Waals surface area contributed by atoms with Crippen LogP contribution in [-0.2, 0) is 24.5 Å². The zero-order valence-electron chi connectivity index (χ0n) is 34.6. The number of imidazole rings is 2. The summed E-state index contributed by atoms with van der Waals surface area (Å²) in [5.74, 6) is 0.820. The van der Waals surface area contributed by atoms with Gasteiger partial charge in [-0.1, -0.05) is 27.7 Å². The van der Waals surface area contributed by atoms with Crippen molar-refractivity contribution in [2.24, 2.45) is 11.8 Å². The largest absolute Gasteiger partial charge is 0.460 e. The van der Waals surface area contributed by atoms with E-state index in [2.05, 4.69) is 25.6 Å². The summed E-state index contributed by atoms with van der Waals surface area (Å²) in [4.78, 5) is 84.1. The fourth-order valence-electron chi connectivity index (χ4n) is 8.09. The van der Waals surface area contributed by atoms with Gasteiger partial charge in [0, 0.05) is 41.8 Å². The second-order valence-electron chi connectivity index (χ2n) is 16.6. The van der Waals surface area contributed by atoms with E-state index in [1.54, 1.807) is 28.1 Å². The Kier molecular flexibility index (Phi) is 11.3. The molecule has 4 N–H and O–H groups in total. The normalized spacial score (nSPS) is 18.2. The molecule has 3 unspecified atom stereocenters. The van der Waals surface area contributed by atoms with Crippen molar-refractivity contribution in [3.05, 3.63) is 71.2 Å². The van der Waals surface area contributed by atoms with E-state index in [1.807, 2.05) is 53.7 Å². The number of hydrogen-bond donors (Lipinski definition) is 4. The number of carbonyl (C=O) groups excluding carboxylic acids is 5. The number of ketones is 1. The molecule has 4 aromatic heterocycles. The van der Waals surface area contributed by atoms with Crippen molar-refractivity contribution in [2.75, 3.05) is 27.3 Å². The van der Waals surface area contributed by atoms with E-state index in [-0.39, 0.29) is 47.2 Å². The maximum atomic E-state index is 13.7. The number of likely N-dealkylation sites (tertiary alicyclic amines) is 2. The molecule has 314 valence electrons. The number of aromatic amines is 2. The Labute approximate surface area is 340 Å². The second kappa shape index (κ2) is 16.3. The molecular formula is C42H52N8O9. The van der Waals surface area contributed by atoms with E-state index in [0.29, 0.717) is 53.5 Å². The van der Waals surface area contributed by atoms with Gasteiger partial charge in [-0.25, -0.2) is 19.6 Å². The number of methoxy groups -OCH3 is 2. The van der Waals surface area contributed by atoms with Crippen molar-refractivity contribution in [3.63, 3.8) is 0 Å². The minimum absolute atomic E-state index is 0.120. The predicted molar refractivity (Wildman–Crippen MR) is 214 cm³/mol. The average Bonchev–Trinajstić information content (AvgIpc) is 4.05. The van der Waals surface area contributed by atoms with Crippen LogP contribution in [0.4, 0.5) is 9.59 Å². The number of alkyl carbamates (subject to hydrolysis) is 2. The third-order valence-electron chi connectivity index (χ3n) is 11.6. The van der Waals surface area contributed by atoms with Crippen molar-refractivity contribution >= 4 is 51.7 Å². The van der Waals surface area contributed by atoms with E-state index in [9.17, 15) is 24.0 Å². The number of H-pyrrole nitrogens is 2. The molecule has 5 aromatic rings. The van der Waals surface area contributed by atoms with Crippen molar-refractivity contribution in [2.45, 2.75) is 96.8 Å². The quantitative estimate of drug-likeness (QED) is 0.103. The highest BCUT2D eigenvalue weighted by Crippen LogP contribution is 2.39. The summed E-state index contributed by atoms with van der Waals surface area (Å²) in [5, 5.41) is 6.86. The molecule has 2 fully saturated rings. The first-order valence-corrected chi connectivity index (χ1v) is 20.0. The zero-order valence-corrected chi connectivity index (χ0v) is 34.6. The van der Waals surface area contributed by atoms with E-state index in [4.69, 9.17) is 23.3 Å². The number of nitrogens with zero attached hydrogens (tertiary/aromatic N) is 4. The molecule has 0 saturated carbocycles. The molecule has 7 rings (SSSR count). The van der Waals surface area contributed by atoms with Gasteiger partial charge < -0.3 is 48.7 Å². The highest BCUT2D eigenvalue weighted by atomic mass is 16.5. The molecule has 6 heterocycles. The molecule has 0 radical (unpaired) electrons. The SMILES string of the molecule is COC(=O)NC(C(=O)N1CCCC1c1ncc(C(=O)c2cc3cc4cc(C(C)(C)c5cnc(C6CCCN6C(=O)[C@@H](NC(=O)OC)C(C)C)[nH]5)oc4cc3o2)[nH]1)C(C)C. The van der Waals surface area contributed by atoms with Crippen LogP contribution in [-0.4, -0.2) is 98.9 Å². The molecule has 2 saturated heterocycles. The van der Waals surface area contributed by atoms with Crippen LogP contribution < -0.4 is 10.6 Å². The molecule has 4 amide bonds. The van der Waals surface area contributed by atoms with Crippen LogP contribution in [0.1, 0.15) is 119 Å². The molecule has 17 nitrogen and oxygen atoms in total. The molecule has 59 heavy (non-hydrogen) atoms. The topological polar surface area (TPSA) is 218 Å². The molecule has 1 aromatic carbocycles. The maximum Gasteiger partial charge on any atom is 0.407 e. The summed E-state index contributed by atoms with van der Waals surface area (Å²) in [5.41, 5.74) is 1.44. The van der Waals surface area contributed by atoms with Gasteiger partial charge >= 0.3 is 12.2 Å². The van der Waals surface area contributed by atoms with Gasteiger partial charge in [-0.05, 0) is 69.6 Å². The molecule has 2 aliphatic rings. The number of hydrogen-bond acceptors (Lipinski definition) is 11. The predicted octanol–water partition coefficient (Wildman–Crippen LogP) is 6.27. The van der Waals surface area contributed by atoms with E-state index in [0.717, 1.165) is 30.3 Å². The van der Waals surface area contributed by atoms with Crippen LogP contribution in [0, 0.1) is 11.8 Å².